The minimum absolute atomic E-state index is 0. The van der Waals surface area contributed by atoms with E-state index in [9.17, 15) is 0 Å². The third kappa shape index (κ3) is 13.3. The Kier molecular flexibility index (Phi) is 25.2. The molecule has 7 heteroatoms. The van der Waals surface area contributed by atoms with Gasteiger partial charge >= 0.3 is 263 Å². The molecule has 44 heavy (non-hydrogen) atoms. The Morgan fingerprint density at radius 2 is 0.386 bits per heavy atom. The first-order valence-electron chi connectivity index (χ1n) is 13.0. The molecule has 0 aliphatic heterocycles. The molecule has 1 nitrogen and oxygen atoms in total. The van der Waals surface area contributed by atoms with Gasteiger partial charge in [-0.2, -0.15) is 0 Å². The van der Waals surface area contributed by atoms with Crippen molar-refractivity contribution >= 4 is 68.3 Å². The van der Waals surface area contributed by atoms with Crippen LogP contribution in [0, 0.1) is 0 Å². The predicted molar refractivity (Wildman–Crippen MR) is 174 cm³/mol. The van der Waals surface area contributed by atoms with Gasteiger partial charge in [0.2, 0.25) is 0 Å². The van der Waals surface area contributed by atoms with Gasteiger partial charge in [0.25, 0.3) is 6.79 Å². The molecule has 0 atom stereocenters. The van der Waals surface area contributed by atoms with Gasteiger partial charge in [-0.25, -0.2) is 0 Å². The van der Waals surface area contributed by atoms with Crippen molar-refractivity contribution in [2.75, 3.05) is 0 Å². The Bertz CT molecular complexity index is 1210. The van der Waals surface area contributed by atoms with E-state index in [1.54, 1.807) is 0 Å². The van der Waals surface area contributed by atoms with Crippen LogP contribution >= 0.6 is 0 Å². The van der Waals surface area contributed by atoms with Gasteiger partial charge in [0, 0.05) is 0 Å². The summed E-state index contributed by atoms with van der Waals surface area (Å²) < 4.78 is 9.10. The number of benzene rings is 6. The van der Waals surface area contributed by atoms with Crippen LogP contribution in [0.5, 0.6) is 0 Å². The van der Waals surface area contributed by atoms with E-state index in [-0.39, 0.29) is 91.4 Å². The summed E-state index contributed by atoms with van der Waals surface area (Å²) in [5, 5.41) is 0. The van der Waals surface area contributed by atoms with Gasteiger partial charge in [0.1, 0.15) is 0 Å². The van der Waals surface area contributed by atoms with Crippen LogP contribution in [0.1, 0.15) is 0 Å². The quantitative estimate of drug-likeness (QED) is 0.121. The molecule has 0 N–H and O–H groups in total. The third-order valence-electron chi connectivity index (χ3n) is 6.09. The summed E-state index contributed by atoms with van der Waals surface area (Å²) in [7, 11) is 0. The fourth-order valence-corrected chi connectivity index (χ4v) is 17.5. The van der Waals surface area contributed by atoms with Crippen molar-refractivity contribution < 1.29 is 96.2 Å². The van der Waals surface area contributed by atoms with Crippen LogP contribution in [0.15, 0.2) is 182 Å². The summed E-state index contributed by atoms with van der Waals surface area (Å²) in [4.78, 5) is 7.50. The molecule has 0 heterocycles. The Morgan fingerprint density at radius 1 is 0.273 bits per heavy atom. The second-order valence-corrected chi connectivity index (χ2v) is 21.4. The van der Waals surface area contributed by atoms with Crippen molar-refractivity contribution in [3.8, 4) is 0 Å². The van der Waals surface area contributed by atoms with Gasteiger partial charge in [0.05, 0.1) is 0 Å². The summed E-state index contributed by atoms with van der Waals surface area (Å²) in [6.45, 7) is 4.50. The average Bonchev–Trinajstić information content (AvgIpc) is 3.06. The maximum absolute atomic E-state index is 7.50. The van der Waals surface area contributed by atoms with Crippen molar-refractivity contribution in [3.63, 3.8) is 0 Å². The molecule has 0 bridgehead atoms. The van der Waals surface area contributed by atoms with Crippen LogP contribution in [-0.4, -0.2) is 47.2 Å². The predicted octanol–water partition coefficient (Wildman–Crippen LogP) is -4.98. The van der Waals surface area contributed by atoms with Crippen LogP contribution in [-0.2, 0) is 24.3 Å². The fraction of sp³-hybridized carbons (Fsp3) is 0. The summed E-state index contributed by atoms with van der Waals surface area (Å²) in [6.07, 6.45) is 0. The Morgan fingerprint density at radius 3 is 0.500 bits per heavy atom. The minimum atomic E-state index is -1.83. The van der Waals surface area contributed by atoms with E-state index in [1.165, 1.54) is 21.1 Å². The van der Waals surface area contributed by atoms with Crippen LogP contribution in [0.2, 0.25) is 0 Å². The van der Waals surface area contributed by atoms with Crippen molar-refractivity contribution in [1.29, 1.82) is 0 Å². The van der Waals surface area contributed by atoms with E-state index in [0.717, 1.165) is 0 Å². The monoisotopic (exact) mass is 1220 g/mol. The first-order valence-corrected chi connectivity index (χ1v) is 20.7. The molecule has 6 rings (SSSR count). The number of hydrogen-bond acceptors (Lipinski definition) is 1. The maximum atomic E-state index is 7.50. The standard InChI is InChI=1S/6C6H5.CO.3HI.Rh.2Sb/c6*1-2-4-6-5-3-1;1-2;;;;;;/h6*1-5H;;3*1H;;;/q;;;;;;;;;;+3;;/p-3. The Labute approximate surface area is 341 Å². The van der Waals surface area contributed by atoms with Gasteiger partial charge in [0.15, 0.2) is 0 Å². The van der Waals surface area contributed by atoms with E-state index >= 15 is 0 Å². The van der Waals surface area contributed by atoms with Gasteiger partial charge in [-0.05, 0) is 0 Å². The van der Waals surface area contributed by atoms with Crippen LogP contribution in [0.25, 0.3) is 0 Å². The molecular weight excluding hydrogens is 1190 g/mol. The van der Waals surface area contributed by atoms with Crippen molar-refractivity contribution in [1.82, 2.24) is 0 Å². The second-order valence-electron chi connectivity index (χ2n) is 8.68. The molecule has 0 unspecified atom stereocenters. The first kappa shape index (κ1) is 43.4. The molecule has 0 fully saturated rings. The fourth-order valence-electron chi connectivity index (χ4n) is 4.36. The first-order chi connectivity index (χ1) is 19.9. The Balaban J connectivity index is 0.000000733. The molecule has 0 aliphatic carbocycles. The van der Waals surface area contributed by atoms with Gasteiger partial charge < -0.3 is 71.9 Å². The molecule has 2 radical (unpaired) electrons. The van der Waals surface area contributed by atoms with E-state index < -0.39 is 40.4 Å². The molecule has 0 aromatic heterocycles. The number of hydrogen-bond donors (Lipinski definition) is 0. The molecule has 0 amide bonds. The summed E-state index contributed by atoms with van der Waals surface area (Å²) in [5.41, 5.74) is 0. The van der Waals surface area contributed by atoms with Gasteiger partial charge in [-0.1, -0.05) is 0 Å². The van der Waals surface area contributed by atoms with Crippen molar-refractivity contribution in [2.45, 2.75) is 0 Å². The third-order valence-corrected chi connectivity index (χ3v) is 20.0. The van der Waals surface area contributed by atoms with E-state index in [1.807, 2.05) is 0 Å². The SMILES string of the molecule is [C]=O.[I-].[I-].[I-].[Rh+3].c1cc[c]([Sb]([c]2ccccc2)[c]2ccccc2)cc1.c1cc[c]([Sb]([c]2ccccc2)[c]2ccccc2)cc1. The normalized spacial score (nSPS) is 9.23. The number of halogens is 3. The second kappa shape index (κ2) is 25.5. The average molecular weight is 1220 g/mol. The van der Waals surface area contributed by atoms with Gasteiger partial charge in [-0.3, -0.25) is 4.79 Å². The van der Waals surface area contributed by atoms with Crippen LogP contribution < -0.4 is 93.0 Å². The zero-order chi connectivity index (χ0) is 27.8. The molecule has 0 saturated carbocycles. The van der Waals surface area contributed by atoms with E-state index in [4.69, 9.17) is 4.79 Å². The topological polar surface area (TPSA) is 17.1 Å². The van der Waals surface area contributed by atoms with E-state index in [2.05, 4.69) is 189 Å². The molecular formula is C37H30I3ORhSb2. The van der Waals surface area contributed by atoms with E-state index in [0.29, 0.717) is 0 Å². The summed E-state index contributed by atoms with van der Waals surface area (Å²) in [6, 6.07) is 65.8. The van der Waals surface area contributed by atoms with Crippen molar-refractivity contribution in [2.24, 2.45) is 0 Å². The molecule has 0 saturated heterocycles. The van der Waals surface area contributed by atoms with Crippen LogP contribution in [0.3, 0.4) is 0 Å². The Hall–Kier alpha value is -0.560. The molecule has 0 spiro atoms. The molecule has 6 aromatic carbocycles. The number of rotatable bonds is 6. The molecule has 0 aliphatic rings. The van der Waals surface area contributed by atoms with Crippen LogP contribution in [0.4, 0.5) is 0 Å². The zero-order valence-corrected chi connectivity index (χ0v) is 36.8. The number of carbonyl (C=O) groups excluding carboxylic acids is 1. The summed E-state index contributed by atoms with van der Waals surface area (Å²) >= 11 is -3.65. The molecule has 224 valence electrons. The van der Waals surface area contributed by atoms with Crippen molar-refractivity contribution in [3.05, 3.63) is 182 Å². The van der Waals surface area contributed by atoms with Gasteiger partial charge in [-0.15, -0.1) is 0 Å². The molecule has 6 aromatic rings. The zero-order valence-electron chi connectivity index (χ0n) is 23.6. The summed E-state index contributed by atoms with van der Waals surface area (Å²) in [5.74, 6) is 0.